The summed E-state index contributed by atoms with van der Waals surface area (Å²) >= 11 is 7.19. The second-order valence-electron chi connectivity index (χ2n) is 4.81. The Morgan fingerprint density at radius 3 is 1.08 bits per heavy atom. The fourth-order valence-corrected chi connectivity index (χ4v) is 5.04. The molecule has 2 aromatic rings. The Balaban J connectivity index is 1.71. The summed E-state index contributed by atoms with van der Waals surface area (Å²) in [6, 6.07) is 17.3. The second kappa shape index (κ2) is 10.1. The Morgan fingerprint density at radius 1 is 0.500 bits per heavy atom. The van der Waals surface area contributed by atoms with Gasteiger partial charge in [0.25, 0.3) is 0 Å². The molecule has 4 bridgehead atoms. The minimum absolute atomic E-state index is 0.838. The largest absolute Gasteiger partial charge is 0.113 e. The van der Waals surface area contributed by atoms with E-state index in [0.717, 1.165) is 23.0 Å². The van der Waals surface area contributed by atoms with Crippen LogP contribution in [0.3, 0.4) is 0 Å². The molecule has 0 atom stereocenters. The molecule has 0 N–H and O–H groups in total. The Labute approximate surface area is 161 Å². The minimum atomic E-state index is 0.838. The third-order valence-electron chi connectivity index (χ3n) is 3.11. The van der Waals surface area contributed by atoms with Crippen LogP contribution in [-0.2, 0) is 0 Å². The Bertz CT molecular complexity index is 681. The molecule has 120 valence electrons. The van der Waals surface area contributed by atoms with Gasteiger partial charge >= 0.3 is 0 Å². The van der Waals surface area contributed by atoms with Gasteiger partial charge in [-0.05, 0) is 36.4 Å². The molecule has 0 saturated heterocycles. The average Bonchev–Trinajstić information content (AvgIpc) is 2.61. The van der Waals surface area contributed by atoms with E-state index in [1.165, 1.54) is 19.6 Å². The van der Waals surface area contributed by atoms with Crippen LogP contribution >= 0.6 is 47.0 Å². The average molecular weight is 385 g/mol. The van der Waals surface area contributed by atoms with E-state index in [-0.39, 0.29) is 0 Å². The molecule has 1 heterocycles. The van der Waals surface area contributed by atoms with E-state index in [1.807, 2.05) is 0 Å². The quantitative estimate of drug-likeness (QED) is 0.528. The molecule has 0 fully saturated rings. The molecule has 0 aromatic heterocycles. The van der Waals surface area contributed by atoms with Gasteiger partial charge in [-0.15, -0.1) is 47.0 Å². The number of hydrogen-bond donors (Lipinski definition) is 0. The van der Waals surface area contributed by atoms with Crippen LogP contribution in [0.15, 0.2) is 68.1 Å². The first-order valence-corrected chi connectivity index (χ1v) is 11.5. The van der Waals surface area contributed by atoms with E-state index in [1.54, 1.807) is 47.0 Å². The van der Waals surface area contributed by atoms with Crippen LogP contribution < -0.4 is 0 Å². The first kappa shape index (κ1) is 17.8. The minimum Gasteiger partial charge on any atom is -0.113 e. The summed E-state index contributed by atoms with van der Waals surface area (Å²) in [5, 5.41) is 0. The topological polar surface area (TPSA) is 0 Å². The van der Waals surface area contributed by atoms with Crippen molar-refractivity contribution in [2.45, 2.75) is 19.6 Å². The number of fused-ring (bicyclic) bond motifs is 4. The SMILES string of the molecule is C1#CCSc2cccc(c2)SCC#CCSc2cccc(c2)SC1. The van der Waals surface area contributed by atoms with Gasteiger partial charge in [-0.1, -0.05) is 35.8 Å². The fourth-order valence-electron chi connectivity index (χ4n) is 1.99. The molecule has 0 saturated carbocycles. The van der Waals surface area contributed by atoms with Gasteiger partial charge < -0.3 is 0 Å². The summed E-state index contributed by atoms with van der Waals surface area (Å²) in [4.78, 5) is 5.11. The van der Waals surface area contributed by atoms with E-state index >= 15 is 0 Å². The smallest absolute Gasteiger partial charge is 0.0595 e. The monoisotopic (exact) mass is 384 g/mol. The van der Waals surface area contributed by atoms with Gasteiger partial charge in [0.15, 0.2) is 0 Å². The van der Waals surface area contributed by atoms with E-state index < -0.39 is 0 Å². The van der Waals surface area contributed by atoms with Gasteiger partial charge in [-0.25, -0.2) is 0 Å². The zero-order valence-corrected chi connectivity index (χ0v) is 16.3. The molecule has 1 aliphatic rings. The summed E-state index contributed by atoms with van der Waals surface area (Å²) < 4.78 is 0. The summed E-state index contributed by atoms with van der Waals surface area (Å²) in [6.45, 7) is 0. The second-order valence-corrected chi connectivity index (χ2v) is 9.01. The maximum Gasteiger partial charge on any atom is 0.0595 e. The van der Waals surface area contributed by atoms with Crippen molar-refractivity contribution in [3.8, 4) is 23.7 Å². The van der Waals surface area contributed by atoms with Crippen molar-refractivity contribution >= 4 is 47.0 Å². The van der Waals surface area contributed by atoms with Gasteiger partial charge in [-0.2, -0.15) is 0 Å². The first-order chi connectivity index (χ1) is 11.9. The zero-order valence-electron chi connectivity index (χ0n) is 13.1. The van der Waals surface area contributed by atoms with Crippen LogP contribution in [0.25, 0.3) is 0 Å². The molecule has 4 heteroatoms. The van der Waals surface area contributed by atoms with E-state index in [4.69, 9.17) is 0 Å². The maximum absolute atomic E-state index is 3.26. The lowest BCUT2D eigenvalue weighted by Crippen LogP contribution is -1.81. The molecular formula is C20H16S4. The van der Waals surface area contributed by atoms with E-state index in [0.29, 0.717) is 0 Å². The van der Waals surface area contributed by atoms with Gasteiger partial charge in [0.2, 0.25) is 0 Å². The number of thioether (sulfide) groups is 4. The van der Waals surface area contributed by atoms with Crippen LogP contribution in [0.1, 0.15) is 0 Å². The van der Waals surface area contributed by atoms with Crippen LogP contribution in [-0.4, -0.2) is 23.0 Å². The van der Waals surface area contributed by atoms with Crippen LogP contribution in [0, 0.1) is 23.7 Å². The molecule has 0 radical (unpaired) electrons. The fraction of sp³-hybridized carbons (Fsp3) is 0.200. The molecule has 1 aliphatic heterocycles. The van der Waals surface area contributed by atoms with E-state index in [9.17, 15) is 0 Å². The van der Waals surface area contributed by atoms with Crippen molar-refractivity contribution in [2.75, 3.05) is 23.0 Å². The third kappa shape index (κ3) is 6.11. The molecule has 3 rings (SSSR count). The molecular weight excluding hydrogens is 368 g/mol. The predicted octanol–water partition coefficient (Wildman–Crippen LogP) is 5.78. The first-order valence-electron chi connectivity index (χ1n) is 7.53. The van der Waals surface area contributed by atoms with Crippen molar-refractivity contribution in [2.24, 2.45) is 0 Å². The van der Waals surface area contributed by atoms with Gasteiger partial charge in [-0.3, -0.25) is 0 Å². The third-order valence-corrected chi connectivity index (χ3v) is 6.61. The van der Waals surface area contributed by atoms with Gasteiger partial charge in [0, 0.05) is 19.6 Å². The van der Waals surface area contributed by atoms with Crippen LogP contribution in [0.5, 0.6) is 0 Å². The highest BCUT2D eigenvalue weighted by Gasteiger charge is 1.98. The lowest BCUT2D eigenvalue weighted by molar-refractivity contribution is 1.33. The van der Waals surface area contributed by atoms with E-state index in [2.05, 4.69) is 72.2 Å². The molecule has 0 aliphatic carbocycles. The van der Waals surface area contributed by atoms with Crippen LogP contribution in [0.4, 0.5) is 0 Å². The van der Waals surface area contributed by atoms with Crippen molar-refractivity contribution < 1.29 is 0 Å². The predicted molar refractivity (Wildman–Crippen MR) is 111 cm³/mol. The molecule has 0 spiro atoms. The summed E-state index contributed by atoms with van der Waals surface area (Å²) in [6.07, 6.45) is 0. The highest BCUT2D eigenvalue weighted by molar-refractivity contribution is 8.00. The molecule has 2 aromatic carbocycles. The maximum atomic E-state index is 3.26. The Kier molecular flexibility index (Phi) is 7.45. The molecule has 0 amide bonds. The Hall–Kier alpha value is -1.04. The van der Waals surface area contributed by atoms with Gasteiger partial charge in [0.1, 0.15) is 0 Å². The Morgan fingerprint density at radius 2 is 0.792 bits per heavy atom. The summed E-state index contributed by atoms with van der Waals surface area (Å²) in [5.74, 6) is 16.4. The summed E-state index contributed by atoms with van der Waals surface area (Å²) in [7, 11) is 0. The molecule has 0 nitrogen and oxygen atoms in total. The van der Waals surface area contributed by atoms with Crippen molar-refractivity contribution in [3.63, 3.8) is 0 Å². The van der Waals surface area contributed by atoms with Crippen molar-refractivity contribution in [3.05, 3.63) is 48.5 Å². The molecule has 24 heavy (non-hydrogen) atoms. The van der Waals surface area contributed by atoms with Crippen LogP contribution in [0.2, 0.25) is 0 Å². The highest BCUT2D eigenvalue weighted by atomic mass is 32.2. The summed E-state index contributed by atoms with van der Waals surface area (Å²) in [5.41, 5.74) is 0. The standard InChI is InChI=1S/C20H16S4/c1-2-12-22-18-8-6-10-20(16-18)24-14-4-3-13-23-19-9-5-7-17(15-19)21-11-1/h5-10,15-16H,11-14H2. The number of hydrogen-bond acceptors (Lipinski definition) is 4. The van der Waals surface area contributed by atoms with Crippen molar-refractivity contribution in [1.29, 1.82) is 0 Å². The molecule has 0 unspecified atom stereocenters. The zero-order chi connectivity index (χ0) is 16.5. The lowest BCUT2D eigenvalue weighted by Gasteiger charge is -2.03. The lowest BCUT2D eigenvalue weighted by atomic mass is 10.4. The highest BCUT2D eigenvalue weighted by Crippen LogP contribution is 2.26. The van der Waals surface area contributed by atoms with Gasteiger partial charge in [0.05, 0.1) is 23.0 Å². The normalized spacial score (nSPS) is 15.0. The number of benzene rings is 2. The van der Waals surface area contributed by atoms with Crippen molar-refractivity contribution in [1.82, 2.24) is 0 Å². The number of rotatable bonds is 0.